The van der Waals surface area contributed by atoms with E-state index in [0.717, 1.165) is 30.7 Å². The molecule has 0 atom stereocenters. The minimum absolute atomic E-state index is 0.00634. The SMILES string of the molecule is COc1cc(C(=O)O)ccc1NS(=O)(=O)c1csc(C2CCC(c3ccccc3)CC2)n1. The fourth-order valence-corrected chi connectivity index (χ4v) is 6.43. The van der Waals surface area contributed by atoms with Gasteiger partial charge in [-0.05, 0) is 55.4 Å². The van der Waals surface area contributed by atoms with E-state index in [1.54, 1.807) is 5.38 Å². The largest absolute Gasteiger partial charge is 0.495 e. The summed E-state index contributed by atoms with van der Waals surface area (Å²) < 4.78 is 33.4. The van der Waals surface area contributed by atoms with Gasteiger partial charge < -0.3 is 9.84 Å². The lowest BCUT2D eigenvalue weighted by molar-refractivity contribution is 0.0696. The third kappa shape index (κ3) is 4.78. The summed E-state index contributed by atoms with van der Waals surface area (Å²) in [6.07, 6.45) is 4.07. The Kier molecular flexibility index (Phi) is 6.48. The Bertz CT molecular complexity index is 1200. The molecule has 0 spiro atoms. The van der Waals surface area contributed by atoms with Crippen molar-refractivity contribution in [3.8, 4) is 5.75 Å². The minimum atomic E-state index is -3.93. The van der Waals surface area contributed by atoms with Gasteiger partial charge in [0.15, 0.2) is 5.03 Å². The molecule has 1 heterocycles. The average molecular weight is 473 g/mol. The van der Waals surface area contributed by atoms with Crippen LogP contribution in [0.15, 0.2) is 58.9 Å². The van der Waals surface area contributed by atoms with Gasteiger partial charge in [0, 0.05) is 11.3 Å². The molecule has 9 heteroatoms. The van der Waals surface area contributed by atoms with E-state index < -0.39 is 16.0 Å². The summed E-state index contributed by atoms with van der Waals surface area (Å²) in [6, 6.07) is 14.5. The van der Waals surface area contributed by atoms with E-state index in [-0.39, 0.29) is 27.9 Å². The van der Waals surface area contributed by atoms with E-state index in [1.807, 2.05) is 6.07 Å². The minimum Gasteiger partial charge on any atom is -0.495 e. The van der Waals surface area contributed by atoms with Crippen LogP contribution in [0.1, 0.15) is 58.4 Å². The number of carboxylic acids is 1. The fraction of sp³-hybridized carbons (Fsp3) is 0.304. The smallest absolute Gasteiger partial charge is 0.335 e. The number of carboxylic acid groups (broad SMARTS) is 1. The number of hydrogen-bond donors (Lipinski definition) is 2. The maximum Gasteiger partial charge on any atom is 0.335 e. The second-order valence-electron chi connectivity index (χ2n) is 7.81. The topological polar surface area (TPSA) is 106 Å². The van der Waals surface area contributed by atoms with Crippen molar-refractivity contribution < 1.29 is 23.1 Å². The molecule has 0 saturated heterocycles. The highest BCUT2D eigenvalue weighted by molar-refractivity contribution is 7.92. The van der Waals surface area contributed by atoms with Gasteiger partial charge in [0.05, 0.1) is 23.4 Å². The summed E-state index contributed by atoms with van der Waals surface area (Å²) in [5, 5.41) is 11.5. The summed E-state index contributed by atoms with van der Waals surface area (Å²) in [7, 11) is -2.58. The lowest BCUT2D eigenvalue weighted by Gasteiger charge is -2.27. The summed E-state index contributed by atoms with van der Waals surface area (Å²) in [6.45, 7) is 0. The van der Waals surface area contributed by atoms with E-state index >= 15 is 0 Å². The first-order valence-electron chi connectivity index (χ1n) is 10.3. The molecule has 4 rings (SSSR count). The highest BCUT2D eigenvalue weighted by atomic mass is 32.2. The van der Waals surface area contributed by atoms with Crippen molar-refractivity contribution in [2.24, 2.45) is 0 Å². The maximum absolute atomic E-state index is 12.9. The number of sulfonamides is 1. The highest BCUT2D eigenvalue weighted by Crippen LogP contribution is 2.41. The molecule has 0 bridgehead atoms. The van der Waals surface area contributed by atoms with E-state index in [2.05, 4.69) is 34.0 Å². The van der Waals surface area contributed by atoms with Crippen LogP contribution in [0.25, 0.3) is 0 Å². The third-order valence-electron chi connectivity index (χ3n) is 5.82. The van der Waals surface area contributed by atoms with Crippen LogP contribution in [-0.2, 0) is 10.0 Å². The molecule has 1 aromatic heterocycles. The van der Waals surface area contributed by atoms with E-state index in [4.69, 9.17) is 9.84 Å². The average Bonchev–Trinajstić information content (AvgIpc) is 3.31. The second-order valence-corrected chi connectivity index (χ2v) is 10.3. The predicted molar refractivity (Wildman–Crippen MR) is 123 cm³/mol. The zero-order valence-corrected chi connectivity index (χ0v) is 19.2. The van der Waals surface area contributed by atoms with E-state index in [9.17, 15) is 13.2 Å². The lowest BCUT2D eigenvalue weighted by atomic mass is 9.79. The number of aromatic nitrogens is 1. The molecule has 1 saturated carbocycles. The van der Waals surface area contributed by atoms with E-state index in [1.165, 1.54) is 42.2 Å². The van der Waals surface area contributed by atoms with Crippen molar-refractivity contribution in [3.05, 3.63) is 70.0 Å². The van der Waals surface area contributed by atoms with Gasteiger partial charge in [0.2, 0.25) is 0 Å². The number of thiazole rings is 1. The molecule has 1 fully saturated rings. The number of ether oxygens (including phenoxy) is 1. The van der Waals surface area contributed by atoms with Crippen molar-refractivity contribution >= 4 is 33.0 Å². The van der Waals surface area contributed by atoms with Crippen LogP contribution in [0.2, 0.25) is 0 Å². The Morgan fingerprint density at radius 3 is 2.44 bits per heavy atom. The predicted octanol–water partition coefficient (Wildman–Crippen LogP) is 5.09. The van der Waals surface area contributed by atoms with Gasteiger partial charge in [-0.15, -0.1) is 11.3 Å². The van der Waals surface area contributed by atoms with Crippen molar-refractivity contribution in [2.75, 3.05) is 11.8 Å². The molecule has 3 aromatic rings. The van der Waals surface area contributed by atoms with Crippen molar-refractivity contribution in [1.29, 1.82) is 0 Å². The van der Waals surface area contributed by atoms with Gasteiger partial charge in [-0.3, -0.25) is 4.72 Å². The lowest BCUT2D eigenvalue weighted by Crippen LogP contribution is -2.15. The number of rotatable bonds is 7. The van der Waals surface area contributed by atoms with Crippen LogP contribution in [0.5, 0.6) is 5.75 Å². The third-order valence-corrected chi connectivity index (χ3v) is 8.22. The summed E-state index contributed by atoms with van der Waals surface area (Å²) in [5.41, 5.74) is 1.53. The van der Waals surface area contributed by atoms with Gasteiger partial charge >= 0.3 is 5.97 Å². The fourth-order valence-electron chi connectivity index (χ4n) is 4.09. The van der Waals surface area contributed by atoms with Crippen LogP contribution < -0.4 is 9.46 Å². The first-order valence-corrected chi connectivity index (χ1v) is 12.7. The number of benzene rings is 2. The van der Waals surface area contributed by atoms with Gasteiger partial charge in [-0.2, -0.15) is 8.42 Å². The molecule has 32 heavy (non-hydrogen) atoms. The number of carbonyl (C=O) groups is 1. The molecule has 0 unspecified atom stereocenters. The molecule has 2 aromatic carbocycles. The van der Waals surface area contributed by atoms with Crippen LogP contribution in [0.4, 0.5) is 5.69 Å². The highest BCUT2D eigenvalue weighted by Gasteiger charge is 2.27. The Morgan fingerprint density at radius 2 is 1.78 bits per heavy atom. The van der Waals surface area contributed by atoms with Crippen molar-refractivity contribution in [3.63, 3.8) is 0 Å². The van der Waals surface area contributed by atoms with E-state index in [0.29, 0.717) is 5.92 Å². The quantitative estimate of drug-likeness (QED) is 0.496. The van der Waals surface area contributed by atoms with Gasteiger partial charge in [0.25, 0.3) is 10.0 Å². The standard InChI is InChI=1S/C23H24N2O5S2/c1-30-20-13-18(23(26)27)11-12-19(20)25-32(28,29)21-14-31-22(24-21)17-9-7-16(8-10-17)15-5-3-2-4-6-15/h2-6,11-14,16-17,25H,7-10H2,1H3,(H,26,27). The van der Waals surface area contributed by atoms with Crippen LogP contribution >= 0.6 is 11.3 Å². The number of anilines is 1. The summed E-state index contributed by atoms with van der Waals surface area (Å²) >= 11 is 1.37. The molecule has 1 aliphatic carbocycles. The van der Waals surface area contributed by atoms with Crippen LogP contribution in [0, 0.1) is 0 Å². The molecule has 1 aliphatic rings. The number of methoxy groups -OCH3 is 1. The molecule has 168 valence electrons. The van der Waals surface area contributed by atoms with Gasteiger partial charge in [-0.1, -0.05) is 30.3 Å². The zero-order valence-electron chi connectivity index (χ0n) is 17.5. The Morgan fingerprint density at radius 1 is 1.09 bits per heavy atom. The second kappa shape index (κ2) is 9.30. The normalized spacial score (nSPS) is 18.8. The Balaban J connectivity index is 1.46. The molecular formula is C23H24N2O5S2. The van der Waals surface area contributed by atoms with Crippen LogP contribution in [0.3, 0.4) is 0 Å². The summed E-state index contributed by atoms with van der Waals surface area (Å²) in [4.78, 5) is 15.6. The first-order chi connectivity index (χ1) is 15.4. The number of hydrogen-bond acceptors (Lipinski definition) is 6. The molecule has 0 aliphatic heterocycles. The number of aromatic carboxylic acids is 1. The number of nitrogens with one attached hydrogen (secondary N) is 1. The molecule has 0 radical (unpaired) electrons. The first kappa shape index (κ1) is 22.3. The molecule has 2 N–H and O–H groups in total. The van der Waals surface area contributed by atoms with Gasteiger partial charge in [0.1, 0.15) is 5.75 Å². The number of nitrogens with zero attached hydrogens (tertiary/aromatic N) is 1. The van der Waals surface area contributed by atoms with Gasteiger partial charge in [-0.25, -0.2) is 9.78 Å². The Hall–Kier alpha value is -2.91. The van der Waals surface area contributed by atoms with Crippen molar-refractivity contribution in [2.45, 2.75) is 42.5 Å². The Labute approximate surface area is 191 Å². The zero-order chi connectivity index (χ0) is 22.7. The van der Waals surface area contributed by atoms with Crippen LogP contribution in [-0.4, -0.2) is 31.6 Å². The maximum atomic E-state index is 12.9. The monoisotopic (exact) mass is 472 g/mol. The molecule has 0 amide bonds. The molecule has 7 nitrogen and oxygen atoms in total. The summed E-state index contributed by atoms with van der Waals surface area (Å²) in [5.74, 6) is -0.196. The van der Waals surface area contributed by atoms with Crippen molar-refractivity contribution in [1.82, 2.24) is 4.98 Å². The molecular weight excluding hydrogens is 448 g/mol.